The number of hydrogen-bond donors (Lipinski definition) is 1. The molecule has 1 atom stereocenters. The standard InChI is InChI=1S/C16H18FNO2/c1-18-16(11-5-4-6-13(9-11)19-2)12-7-8-14(17)15(10-12)20-3/h4-10,16,18H,1-3H3. The average Bonchev–Trinajstić information content (AvgIpc) is 2.50. The van der Waals surface area contributed by atoms with E-state index in [2.05, 4.69) is 5.32 Å². The Labute approximate surface area is 118 Å². The molecule has 0 aromatic heterocycles. The minimum Gasteiger partial charge on any atom is -0.497 e. The summed E-state index contributed by atoms with van der Waals surface area (Å²) in [6.45, 7) is 0. The molecule has 0 saturated heterocycles. The van der Waals surface area contributed by atoms with Crippen molar-refractivity contribution >= 4 is 0 Å². The first-order valence-electron chi connectivity index (χ1n) is 6.34. The second kappa shape index (κ2) is 6.39. The van der Waals surface area contributed by atoms with E-state index in [-0.39, 0.29) is 17.6 Å². The largest absolute Gasteiger partial charge is 0.497 e. The highest BCUT2D eigenvalue weighted by atomic mass is 19.1. The SMILES string of the molecule is CNC(c1cccc(OC)c1)c1ccc(F)c(OC)c1. The van der Waals surface area contributed by atoms with Gasteiger partial charge in [0.25, 0.3) is 0 Å². The van der Waals surface area contributed by atoms with Crippen LogP contribution < -0.4 is 14.8 Å². The first kappa shape index (κ1) is 14.3. The zero-order valence-corrected chi connectivity index (χ0v) is 11.8. The lowest BCUT2D eigenvalue weighted by atomic mass is 9.98. The molecular weight excluding hydrogens is 257 g/mol. The molecule has 4 heteroatoms. The number of benzene rings is 2. The molecule has 106 valence electrons. The maximum absolute atomic E-state index is 13.5. The predicted octanol–water partition coefficient (Wildman–Crippen LogP) is 3.15. The summed E-state index contributed by atoms with van der Waals surface area (Å²) < 4.78 is 23.8. The first-order valence-corrected chi connectivity index (χ1v) is 6.34. The molecule has 0 fully saturated rings. The molecule has 0 bridgehead atoms. The highest BCUT2D eigenvalue weighted by molar-refractivity contribution is 5.40. The molecule has 0 spiro atoms. The monoisotopic (exact) mass is 275 g/mol. The lowest BCUT2D eigenvalue weighted by Crippen LogP contribution is -2.17. The van der Waals surface area contributed by atoms with Crippen molar-refractivity contribution < 1.29 is 13.9 Å². The molecule has 0 amide bonds. The number of halogens is 1. The van der Waals surface area contributed by atoms with Crippen LogP contribution in [0.3, 0.4) is 0 Å². The van der Waals surface area contributed by atoms with Crippen LogP contribution in [-0.2, 0) is 0 Å². The zero-order valence-electron chi connectivity index (χ0n) is 11.8. The normalized spacial score (nSPS) is 12.0. The Morgan fingerprint density at radius 3 is 2.40 bits per heavy atom. The van der Waals surface area contributed by atoms with Gasteiger partial charge >= 0.3 is 0 Å². The van der Waals surface area contributed by atoms with E-state index >= 15 is 0 Å². The molecule has 0 radical (unpaired) electrons. The van der Waals surface area contributed by atoms with Crippen molar-refractivity contribution in [3.63, 3.8) is 0 Å². The van der Waals surface area contributed by atoms with E-state index in [4.69, 9.17) is 9.47 Å². The van der Waals surface area contributed by atoms with Gasteiger partial charge in [-0.2, -0.15) is 0 Å². The summed E-state index contributed by atoms with van der Waals surface area (Å²) in [7, 11) is 4.95. The van der Waals surface area contributed by atoms with E-state index in [0.717, 1.165) is 16.9 Å². The highest BCUT2D eigenvalue weighted by Gasteiger charge is 2.15. The van der Waals surface area contributed by atoms with Crippen molar-refractivity contribution in [2.75, 3.05) is 21.3 Å². The second-order valence-corrected chi connectivity index (χ2v) is 4.39. The van der Waals surface area contributed by atoms with Gasteiger partial charge in [0.2, 0.25) is 0 Å². The third kappa shape index (κ3) is 2.91. The van der Waals surface area contributed by atoms with Gasteiger partial charge in [0.15, 0.2) is 11.6 Å². The first-order chi connectivity index (χ1) is 9.69. The van der Waals surface area contributed by atoms with Crippen molar-refractivity contribution in [2.45, 2.75) is 6.04 Å². The zero-order chi connectivity index (χ0) is 14.5. The molecule has 3 nitrogen and oxygen atoms in total. The number of rotatable bonds is 5. The molecule has 0 heterocycles. The van der Waals surface area contributed by atoms with Gasteiger partial charge in [-0.25, -0.2) is 4.39 Å². The van der Waals surface area contributed by atoms with Gasteiger partial charge in [0.05, 0.1) is 20.3 Å². The van der Waals surface area contributed by atoms with Gasteiger partial charge in [0, 0.05) is 0 Å². The average molecular weight is 275 g/mol. The highest BCUT2D eigenvalue weighted by Crippen LogP contribution is 2.28. The third-order valence-corrected chi connectivity index (χ3v) is 3.22. The molecule has 0 saturated carbocycles. The maximum atomic E-state index is 13.5. The molecule has 0 aliphatic carbocycles. The lowest BCUT2D eigenvalue weighted by molar-refractivity contribution is 0.385. The Balaban J connectivity index is 2.41. The van der Waals surface area contributed by atoms with Gasteiger partial charge in [-0.3, -0.25) is 0 Å². The van der Waals surface area contributed by atoms with Gasteiger partial charge in [-0.05, 0) is 42.4 Å². The Morgan fingerprint density at radius 2 is 1.75 bits per heavy atom. The van der Waals surface area contributed by atoms with Gasteiger partial charge in [-0.1, -0.05) is 18.2 Å². The number of ether oxygens (including phenoxy) is 2. The second-order valence-electron chi connectivity index (χ2n) is 4.39. The molecule has 2 aromatic rings. The smallest absolute Gasteiger partial charge is 0.165 e. The molecular formula is C16H18FNO2. The van der Waals surface area contributed by atoms with Crippen LogP contribution in [0, 0.1) is 5.82 Å². The summed E-state index contributed by atoms with van der Waals surface area (Å²) >= 11 is 0. The Morgan fingerprint density at radius 1 is 1.00 bits per heavy atom. The van der Waals surface area contributed by atoms with Crippen LogP contribution in [0.5, 0.6) is 11.5 Å². The summed E-state index contributed by atoms with van der Waals surface area (Å²) in [4.78, 5) is 0. The number of nitrogens with one attached hydrogen (secondary N) is 1. The van der Waals surface area contributed by atoms with Crippen LogP contribution in [0.25, 0.3) is 0 Å². The van der Waals surface area contributed by atoms with Crippen LogP contribution in [0.4, 0.5) is 4.39 Å². The van der Waals surface area contributed by atoms with Crippen LogP contribution in [0.2, 0.25) is 0 Å². The minimum atomic E-state index is -0.364. The fraction of sp³-hybridized carbons (Fsp3) is 0.250. The summed E-state index contributed by atoms with van der Waals surface area (Å²) in [5, 5.41) is 3.22. The molecule has 2 aromatic carbocycles. The maximum Gasteiger partial charge on any atom is 0.165 e. The third-order valence-electron chi connectivity index (χ3n) is 3.22. The molecule has 1 N–H and O–H groups in total. The van der Waals surface area contributed by atoms with Gasteiger partial charge < -0.3 is 14.8 Å². The minimum absolute atomic E-state index is 0.0559. The fourth-order valence-corrected chi connectivity index (χ4v) is 2.20. The summed E-state index contributed by atoms with van der Waals surface area (Å²) in [6.07, 6.45) is 0. The topological polar surface area (TPSA) is 30.5 Å². The van der Waals surface area contributed by atoms with Crippen molar-refractivity contribution in [3.05, 3.63) is 59.4 Å². The predicted molar refractivity (Wildman–Crippen MR) is 76.8 cm³/mol. The summed E-state index contributed by atoms with van der Waals surface area (Å²) in [5.74, 6) is 0.666. The van der Waals surface area contributed by atoms with Crippen molar-refractivity contribution in [1.82, 2.24) is 5.32 Å². The fourth-order valence-electron chi connectivity index (χ4n) is 2.20. The van der Waals surface area contributed by atoms with Crippen molar-refractivity contribution in [3.8, 4) is 11.5 Å². The van der Waals surface area contributed by atoms with Crippen LogP contribution in [0.1, 0.15) is 17.2 Å². The van der Waals surface area contributed by atoms with Crippen molar-refractivity contribution in [2.24, 2.45) is 0 Å². The van der Waals surface area contributed by atoms with E-state index < -0.39 is 0 Å². The van der Waals surface area contributed by atoms with Crippen molar-refractivity contribution in [1.29, 1.82) is 0 Å². The number of hydrogen-bond acceptors (Lipinski definition) is 3. The van der Waals surface area contributed by atoms with Crippen LogP contribution >= 0.6 is 0 Å². The van der Waals surface area contributed by atoms with Gasteiger partial charge in [0.1, 0.15) is 5.75 Å². The number of methoxy groups -OCH3 is 2. The van der Waals surface area contributed by atoms with E-state index in [9.17, 15) is 4.39 Å². The van der Waals surface area contributed by atoms with E-state index in [0.29, 0.717) is 0 Å². The molecule has 2 rings (SSSR count). The summed E-state index contributed by atoms with van der Waals surface area (Å²) in [6, 6.07) is 12.6. The Bertz CT molecular complexity index is 586. The van der Waals surface area contributed by atoms with E-state index in [1.807, 2.05) is 31.3 Å². The van der Waals surface area contributed by atoms with Crippen LogP contribution in [-0.4, -0.2) is 21.3 Å². The summed E-state index contributed by atoms with van der Waals surface area (Å²) in [5.41, 5.74) is 1.97. The molecule has 0 aliphatic rings. The molecule has 0 aliphatic heterocycles. The Hall–Kier alpha value is -2.07. The van der Waals surface area contributed by atoms with E-state index in [1.54, 1.807) is 19.2 Å². The molecule has 1 unspecified atom stereocenters. The molecule has 20 heavy (non-hydrogen) atoms. The van der Waals surface area contributed by atoms with E-state index in [1.165, 1.54) is 13.2 Å². The van der Waals surface area contributed by atoms with Crippen LogP contribution in [0.15, 0.2) is 42.5 Å². The Kier molecular flexibility index (Phi) is 4.58. The quantitative estimate of drug-likeness (QED) is 0.909. The lowest BCUT2D eigenvalue weighted by Gasteiger charge is -2.18. The van der Waals surface area contributed by atoms with Gasteiger partial charge in [-0.15, -0.1) is 0 Å².